The highest BCUT2D eigenvalue weighted by molar-refractivity contribution is 4.79. The zero-order chi connectivity index (χ0) is 9.03. The van der Waals surface area contributed by atoms with Crippen LogP contribution in [0.3, 0.4) is 0 Å². The highest BCUT2D eigenvalue weighted by Gasteiger charge is 2.27. The minimum Gasteiger partial charge on any atom is -0.377 e. The summed E-state index contributed by atoms with van der Waals surface area (Å²) in [5.74, 6) is 0. The monoisotopic (exact) mass is 171 g/mol. The maximum atomic E-state index is 5.64. The second-order valence-electron chi connectivity index (χ2n) is 4.54. The van der Waals surface area contributed by atoms with Crippen molar-refractivity contribution in [3.05, 3.63) is 0 Å². The molecule has 0 amide bonds. The molecule has 0 aliphatic heterocycles. The summed E-state index contributed by atoms with van der Waals surface area (Å²) in [7, 11) is 0. The molecular weight excluding hydrogens is 150 g/mol. The van der Waals surface area contributed by atoms with E-state index >= 15 is 0 Å². The van der Waals surface area contributed by atoms with E-state index in [2.05, 4.69) is 13.8 Å². The topological polar surface area (TPSA) is 35.2 Å². The zero-order valence-electron chi connectivity index (χ0n) is 8.31. The summed E-state index contributed by atoms with van der Waals surface area (Å²) >= 11 is 0. The fraction of sp³-hybridized carbons (Fsp3) is 1.00. The van der Waals surface area contributed by atoms with E-state index in [4.69, 9.17) is 10.5 Å². The Kier molecular flexibility index (Phi) is 3.53. The molecule has 0 radical (unpaired) electrons. The van der Waals surface area contributed by atoms with Gasteiger partial charge in [-0.3, -0.25) is 0 Å². The molecule has 0 aromatic carbocycles. The molecule has 1 aliphatic rings. The van der Waals surface area contributed by atoms with Crippen LogP contribution in [0.1, 0.15) is 39.5 Å². The summed E-state index contributed by atoms with van der Waals surface area (Å²) in [5.41, 5.74) is 5.87. The molecule has 12 heavy (non-hydrogen) atoms. The maximum Gasteiger partial charge on any atom is 0.0592 e. The van der Waals surface area contributed by atoms with E-state index in [0.717, 1.165) is 6.61 Å². The van der Waals surface area contributed by atoms with E-state index < -0.39 is 0 Å². The third-order valence-electron chi connectivity index (χ3n) is 2.63. The average molecular weight is 171 g/mol. The Hall–Kier alpha value is -0.0800. The molecule has 1 fully saturated rings. The molecule has 1 saturated carbocycles. The Morgan fingerprint density at radius 2 is 2.25 bits per heavy atom. The molecule has 0 bridgehead atoms. The quantitative estimate of drug-likeness (QED) is 0.704. The molecule has 1 aliphatic carbocycles. The summed E-state index contributed by atoms with van der Waals surface area (Å²) in [4.78, 5) is 0. The summed E-state index contributed by atoms with van der Waals surface area (Å²) < 4.78 is 5.64. The first-order valence-corrected chi connectivity index (χ1v) is 4.96. The predicted molar refractivity (Wildman–Crippen MR) is 51.0 cm³/mol. The summed E-state index contributed by atoms with van der Waals surface area (Å²) in [6.45, 7) is 6.02. The smallest absolute Gasteiger partial charge is 0.0592 e. The van der Waals surface area contributed by atoms with E-state index in [0.29, 0.717) is 18.1 Å². The van der Waals surface area contributed by atoms with Crippen LogP contribution in [-0.4, -0.2) is 19.3 Å². The lowest BCUT2D eigenvalue weighted by molar-refractivity contribution is -0.00223. The van der Waals surface area contributed by atoms with Gasteiger partial charge >= 0.3 is 0 Å². The molecule has 1 rings (SSSR count). The fourth-order valence-corrected chi connectivity index (χ4v) is 2.01. The van der Waals surface area contributed by atoms with Crippen molar-refractivity contribution < 1.29 is 4.74 Å². The van der Waals surface area contributed by atoms with Crippen LogP contribution in [0.15, 0.2) is 0 Å². The van der Waals surface area contributed by atoms with E-state index in [9.17, 15) is 0 Å². The first kappa shape index (κ1) is 10.0. The van der Waals surface area contributed by atoms with E-state index in [1.54, 1.807) is 0 Å². The Labute approximate surface area is 75.5 Å². The van der Waals surface area contributed by atoms with Crippen molar-refractivity contribution in [3.63, 3.8) is 0 Å². The molecule has 0 spiro atoms. The van der Waals surface area contributed by atoms with Gasteiger partial charge in [-0.25, -0.2) is 0 Å². The third-order valence-corrected chi connectivity index (χ3v) is 2.63. The normalized spacial score (nSPS) is 28.8. The third kappa shape index (κ3) is 3.11. The molecule has 0 aromatic rings. The molecule has 2 N–H and O–H groups in total. The van der Waals surface area contributed by atoms with Gasteiger partial charge < -0.3 is 10.5 Å². The lowest BCUT2D eigenvalue weighted by atomic mass is 9.76. The number of hydrogen-bond donors (Lipinski definition) is 1. The van der Waals surface area contributed by atoms with Crippen molar-refractivity contribution in [2.75, 3.05) is 13.2 Å². The average Bonchev–Trinajstić information content (AvgIpc) is 1.99. The van der Waals surface area contributed by atoms with Crippen LogP contribution >= 0.6 is 0 Å². The molecule has 1 atom stereocenters. The second-order valence-corrected chi connectivity index (χ2v) is 4.54. The number of nitrogens with two attached hydrogens (primary N) is 1. The molecule has 0 saturated heterocycles. The van der Waals surface area contributed by atoms with Crippen molar-refractivity contribution >= 4 is 0 Å². The fourth-order valence-electron chi connectivity index (χ4n) is 2.01. The van der Waals surface area contributed by atoms with E-state index in [1.807, 2.05) is 0 Å². The van der Waals surface area contributed by atoms with Gasteiger partial charge in [0.25, 0.3) is 0 Å². The van der Waals surface area contributed by atoms with Crippen molar-refractivity contribution in [2.45, 2.75) is 45.6 Å². The van der Waals surface area contributed by atoms with Gasteiger partial charge in [0.15, 0.2) is 0 Å². The standard InChI is InChI=1S/C10H21NO/c1-10(2)5-3-4-9(8-10)12-7-6-11/h9H,3-8,11H2,1-2H3. The van der Waals surface area contributed by atoms with Gasteiger partial charge in [0.2, 0.25) is 0 Å². The number of rotatable bonds is 3. The van der Waals surface area contributed by atoms with Gasteiger partial charge in [-0.15, -0.1) is 0 Å². The minimum absolute atomic E-state index is 0.470. The van der Waals surface area contributed by atoms with Crippen LogP contribution in [0.25, 0.3) is 0 Å². The van der Waals surface area contributed by atoms with Gasteiger partial charge in [0.1, 0.15) is 0 Å². The zero-order valence-corrected chi connectivity index (χ0v) is 8.31. The SMILES string of the molecule is CC1(C)CCCC(OCCN)C1. The summed E-state index contributed by atoms with van der Waals surface area (Å²) in [6.07, 6.45) is 5.55. The largest absolute Gasteiger partial charge is 0.377 e. The second kappa shape index (κ2) is 4.24. The molecule has 2 heteroatoms. The van der Waals surface area contributed by atoms with Crippen molar-refractivity contribution in [1.82, 2.24) is 0 Å². The Morgan fingerprint density at radius 3 is 2.83 bits per heavy atom. The summed E-state index contributed by atoms with van der Waals surface area (Å²) in [5, 5.41) is 0. The maximum absolute atomic E-state index is 5.64. The van der Waals surface area contributed by atoms with Gasteiger partial charge in [0, 0.05) is 6.54 Å². The van der Waals surface area contributed by atoms with Crippen molar-refractivity contribution in [3.8, 4) is 0 Å². The highest BCUT2D eigenvalue weighted by Crippen LogP contribution is 2.36. The van der Waals surface area contributed by atoms with Crippen LogP contribution in [0, 0.1) is 5.41 Å². The molecule has 0 heterocycles. The summed E-state index contributed by atoms with van der Waals surface area (Å²) in [6, 6.07) is 0. The van der Waals surface area contributed by atoms with Crippen molar-refractivity contribution in [1.29, 1.82) is 0 Å². The highest BCUT2D eigenvalue weighted by atomic mass is 16.5. The Balaban J connectivity index is 2.26. The Morgan fingerprint density at radius 1 is 1.50 bits per heavy atom. The number of hydrogen-bond acceptors (Lipinski definition) is 2. The van der Waals surface area contributed by atoms with Gasteiger partial charge in [-0.1, -0.05) is 20.3 Å². The minimum atomic E-state index is 0.470. The molecular formula is C10H21NO. The van der Waals surface area contributed by atoms with Crippen LogP contribution in [0.2, 0.25) is 0 Å². The van der Waals surface area contributed by atoms with Crippen molar-refractivity contribution in [2.24, 2.45) is 11.1 Å². The van der Waals surface area contributed by atoms with Crippen LogP contribution in [0.5, 0.6) is 0 Å². The Bertz CT molecular complexity index is 134. The molecule has 72 valence electrons. The van der Waals surface area contributed by atoms with Crippen LogP contribution < -0.4 is 5.73 Å². The lowest BCUT2D eigenvalue weighted by Crippen LogP contribution is -2.29. The molecule has 2 nitrogen and oxygen atoms in total. The van der Waals surface area contributed by atoms with E-state index in [1.165, 1.54) is 25.7 Å². The van der Waals surface area contributed by atoms with Crippen LogP contribution in [0.4, 0.5) is 0 Å². The molecule has 0 aromatic heterocycles. The first-order chi connectivity index (χ1) is 5.64. The first-order valence-electron chi connectivity index (χ1n) is 4.96. The predicted octanol–water partition coefficient (Wildman–Crippen LogP) is 1.93. The van der Waals surface area contributed by atoms with Gasteiger partial charge in [0.05, 0.1) is 12.7 Å². The van der Waals surface area contributed by atoms with Gasteiger partial charge in [-0.2, -0.15) is 0 Å². The van der Waals surface area contributed by atoms with E-state index in [-0.39, 0.29) is 0 Å². The van der Waals surface area contributed by atoms with Crippen LogP contribution in [-0.2, 0) is 4.74 Å². The van der Waals surface area contributed by atoms with Gasteiger partial charge in [-0.05, 0) is 24.7 Å². The lowest BCUT2D eigenvalue weighted by Gasteiger charge is -2.34. The number of ether oxygens (including phenoxy) is 1. The molecule has 1 unspecified atom stereocenters.